The molecule has 150 valence electrons. The van der Waals surface area contributed by atoms with E-state index in [0.717, 1.165) is 17.3 Å². The second-order valence-corrected chi connectivity index (χ2v) is 7.55. The lowest BCUT2D eigenvalue weighted by atomic mass is 10.1. The fourth-order valence-corrected chi connectivity index (χ4v) is 3.88. The minimum absolute atomic E-state index is 0.138. The zero-order chi connectivity index (χ0) is 21.1. The van der Waals surface area contributed by atoms with Crippen LogP contribution in [0.3, 0.4) is 0 Å². The van der Waals surface area contributed by atoms with E-state index in [1.807, 2.05) is 30.3 Å². The zero-order valence-electron chi connectivity index (χ0n) is 15.5. The molecule has 3 aromatic rings. The summed E-state index contributed by atoms with van der Waals surface area (Å²) in [6.07, 6.45) is 1.53. The number of nitrogens with zero attached hydrogens (tertiary/aromatic N) is 1. The number of fused-ring (bicyclic) bond motifs is 1. The van der Waals surface area contributed by atoms with Gasteiger partial charge in [-0.2, -0.15) is 0 Å². The Hall–Kier alpha value is -3.65. The van der Waals surface area contributed by atoms with Gasteiger partial charge in [0, 0.05) is 11.0 Å². The van der Waals surface area contributed by atoms with Gasteiger partial charge in [-0.25, -0.2) is 4.39 Å². The second kappa shape index (κ2) is 8.38. The van der Waals surface area contributed by atoms with E-state index in [1.54, 1.807) is 6.07 Å². The first-order valence-electron chi connectivity index (χ1n) is 8.95. The molecule has 3 aromatic carbocycles. The highest BCUT2D eigenvalue weighted by atomic mass is 32.2. The second-order valence-electron chi connectivity index (χ2n) is 6.46. The Bertz CT molecular complexity index is 1170. The Morgan fingerprint density at radius 1 is 1.10 bits per heavy atom. The number of nitro groups is 1. The number of amides is 1. The predicted octanol–water partition coefficient (Wildman–Crippen LogP) is 5.40. The summed E-state index contributed by atoms with van der Waals surface area (Å²) in [5, 5.41) is 14.2. The van der Waals surface area contributed by atoms with Gasteiger partial charge in [0.2, 0.25) is 0 Å². The summed E-state index contributed by atoms with van der Waals surface area (Å²) in [4.78, 5) is 24.2. The van der Waals surface area contributed by atoms with Gasteiger partial charge in [-0.1, -0.05) is 48.2 Å². The normalized spacial score (nSPS) is 14.2. The number of nitrogens with one attached hydrogen (secondary N) is 1. The van der Waals surface area contributed by atoms with Crippen LogP contribution in [-0.2, 0) is 11.4 Å². The number of ether oxygens (including phenoxy) is 1. The molecule has 0 saturated carbocycles. The van der Waals surface area contributed by atoms with Gasteiger partial charge in [0.15, 0.2) is 5.75 Å². The molecule has 1 N–H and O–H groups in total. The highest BCUT2D eigenvalue weighted by Crippen LogP contribution is 2.39. The third-order valence-corrected chi connectivity index (χ3v) is 5.43. The molecule has 0 radical (unpaired) electrons. The lowest BCUT2D eigenvalue weighted by Gasteiger charge is -2.18. The van der Waals surface area contributed by atoms with Gasteiger partial charge in [-0.05, 0) is 41.5 Å². The molecular weight excluding hydrogens is 407 g/mol. The quantitative estimate of drug-likeness (QED) is 0.338. The lowest BCUT2D eigenvalue weighted by molar-refractivity contribution is -0.386. The van der Waals surface area contributed by atoms with Gasteiger partial charge in [-0.15, -0.1) is 0 Å². The molecule has 0 spiro atoms. The van der Waals surface area contributed by atoms with Crippen LogP contribution in [0.4, 0.5) is 15.8 Å². The summed E-state index contributed by atoms with van der Waals surface area (Å²) in [5.41, 5.74) is 1.68. The van der Waals surface area contributed by atoms with Gasteiger partial charge in [0.25, 0.3) is 5.91 Å². The number of carbonyl (C=O) groups is 1. The average Bonchev–Trinajstić information content (AvgIpc) is 2.74. The van der Waals surface area contributed by atoms with Crippen molar-refractivity contribution in [2.24, 2.45) is 0 Å². The third-order valence-electron chi connectivity index (χ3n) is 4.35. The van der Waals surface area contributed by atoms with E-state index in [4.69, 9.17) is 4.74 Å². The van der Waals surface area contributed by atoms with Crippen molar-refractivity contribution in [2.45, 2.75) is 11.5 Å². The van der Waals surface area contributed by atoms with Crippen molar-refractivity contribution in [1.82, 2.24) is 0 Å². The maximum absolute atomic E-state index is 13.5. The summed E-state index contributed by atoms with van der Waals surface area (Å²) in [7, 11) is 0. The van der Waals surface area contributed by atoms with Crippen LogP contribution in [0.1, 0.15) is 11.1 Å². The van der Waals surface area contributed by atoms with E-state index < -0.39 is 10.7 Å². The molecule has 0 aromatic heterocycles. The van der Waals surface area contributed by atoms with Crippen molar-refractivity contribution in [3.05, 3.63) is 98.7 Å². The van der Waals surface area contributed by atoms with Crippen molar-refractivity contribution >= 4 is 35.1 Å². The number of hydrogen-bond acceptors (Lipinski definition) is 5. The van der Waals surface area contributed by atoms with Crippen LogP contribution in [0.25, 0.3) is 6.08 Å². The molecule has 1 heterocycles. The molecule has 0 bridgehead atoms. The Morgan fingerprint density at radius 3 is 2.67 bits per heavy atom. The van der Waals surface area contributed by atoms with Crippen molar-refractivity contribution in [1.29, 1.82) is 0 Å². The number of nitro benzene ring substituents is 1. The summed E-state index contributed by atoms with van der Waals surface area (Å²) < 4.78 is 19.1. The Labute approximate surface area is 175 Å². The highest BCUT2D eigenvalue weighted by Gasteiger charge is 2.22. The fraction of sp³-hybridized carbons (Fsp3) is 0.0455. The molecule has 1 aliphatic heterocycles. The van der Waals surface area contributed by atoms with Crippen LogP contribution < -0.4 is 10.1 Å². The van der Waals surface area contributed by atoms with E-state index in [1.165, 1.54) is 36.4 Å². The first-order valence-corrected chi connectivity index (χ1v) is 9.77. The van der Waals surface area contributed by atoms with Crippen LogP contribution in [0, 0.1) is 15.9 Å². The monoisotopic (exact) mass is 422 g/mol. The summed E-state index contributed by atoms with van der Waals surface area (Å²) in [6, 6.07) is 17.9. The predicted molar refractivity (Wildman–Crippen MR) is 113 cm³/mol. The summed E-state index contributed by atoms with van der Waals surface area (Å²) in [6.45, 7) is 0.197. The van der Waals surface area contributed by atoms with Crippen LogP contribution in [0.5, 0.6) is 5.75 Å². The number of halogens is 1. The minimum Gasteiger partial charge on any atom is -0.482 e. The molecule has 30 heavy (non-hydrogen) atoms. The van der Waals surface area contributed by atoms with Gasteiger partial charge in [0.1, 0.15) is 12.4 Å². The standard InChI is InChI=1S/C22H15FN2O4S/c23-16-7-8-17-20(12-16)30-21(22(26)24-17)11-15-6-9-19(18(10-15)25(27)28)29-13-14-4-2-1-3-5-14/h1-12H,13H2,(H,24,26)/b21-11+. The van der Waals surface area contributed by atoms with Crippen molar-refractivity contribution in [2.75, 3.05) is 5.32 Å². The summed E-state index contributed by atoms with van der Waals surface area (Å²) in [5.74, 6) is -0.627. The molecule has 0 fully saturated rings. The van der Waals surface area contributed by atoms with E-state index in [-0.39, 0.29) is 24.0 Å². The molecule has 1 amide bonds. The van der Waals surface area contributed by atoms with E-state index >= 15 is 0 Å². The largest absolute Gasteiger partial charge is 0.482 e. The van der Waals surface area contributed by atoms with Crippen molar-refractivity contribution in [3.8, 4) is 5.75 Å². The van der Waals surface area contributed by atoms with E-state index in [2.05, 4.69) is 5.32 Å². The number of carbonyl (C=O) groups excluding carboxylic acids is 1. The van der Waals surface area contributed by atoms with Crippen LogP contribution in [0.2, 0.25) is 0 Å². The van der Waals surface area contributed by atoms with Crippen LogP contribution in [-0.4, -0.2) is 10.8 Å². The molecule has 0 saturated heterocycles. The third kappa shape index (κ3) is 4.33. The molecular formula is C22H15FN2O4S. The first-order chi connectivity index (χ1) is 14.5. The van der Waals surface area contributed by atoms with Crippen LogP contribution in [0.15, 0.2) is 76.5 Å². The maximum Gasteiger partial charge on any atom is 0.311 e. The minimum atomic E-state index is -0.527. The Kier molecular flexibility index (Phi) is 5.49. The lowest BCUT2D eigenvalue weighted by Crippen LogP contribution is -2.17. The first kappa shape index (κ1) is 19.7. The smallest absolute Gasteiger partial charge is 0.311 e. The molecule has 0 atom stereocenters. The van der Waals surface area contributed by atoms with Gasteiger partial charge in [0.05, 0.1) is 15.5 Å². The van der Waals surface area contributed by atoms with Crippen molar-refractivity contribution < 1.29 is 18.8 Å². The van der Waals surface area contributed by atoms with Crippen molar-refractivity contribution in [3.63, 3.8) is 0 Å². The average molecular weight is 422 g/mol. The van der Waals surface area contributed by atoms with Gasteiger partial charge >= 0.3 is 5.69 Å². The summed E-state index contributed by atoms with van der Waals surface area (Å²) >= 11 is 1.11. The van der Waals surface area contributed by atoms with Crippen LogP contribution >= 0.6 is 11.8 Å². The van der Waals surface area contributed by atoms with Gasteiger partial charge in [-0.3, -0.25) is 14.9 Å². The maximum atomic E-state index is 13.5. The molecule has 1 aliphatic rings. The zero-order valence-corrected chi connectivity index (χ0v) is 16.3. The van der Waals surface area contributed by atoms with E-state index in [9.17, 15) is 19.3 Å². The number of anilines is 1. The molecule has 4 rings (SSSR count). The number of benzene rings is 3. The SMILES string of the molecule is O=C1Nc2ccc(F)cc2S/C1=C/c1ccc(OCc2ccccc2)c([N+](=O)[O-])c1. The number of rotatable bonds is 5. The van der Waals surface area contributed by atoms with E-state index in [0.29, 0.717) is 21.1 Å². The fourth-order valence-electron chi connectivity index (χ4n) is 2.90. The number of thioether (sulfide) groups is 1. The topological polar surface area (TPSA) is 81.5 Å². The Balaban J connectivity index is 1.59. The Morgan fingerprint density at radius 2 is 1.90 bits per heavy atom. The molecule has 0 aliphatic carbocycles. The molecule has 6 nitrogen and oxygen atoms in total. The molecule has 0 unspecified atom stereocenters. The number of hydrogen-bond donors (Lipinski definition) is 1. The highest BCUT2D eigenvalue weighted by molar-refractivity contribution is 8.04. The molecule has 8 heteroatoms. The van der Waals surface area contributed by atoms with Gasteiger partial charge < -0.3 is 10.1 Å².